The number of hydrogen-bond donors (Lipinski definition) is 2. The molecular formula is C22H29N3. The molecule has 1 fully saturated rings. The van der Waals surface area contributed by atoms with Gasteiger partial charge in [-0.1, -0.05) is 62.9 Å². The van der Waals surface area contributed by atoms with E-state index in [1.807, 2.05) is 36.4 Å². The molecule has 0 bridgehead atoms. The molecule has 2 aromatic carbocycles. The van der Waals surface area contributed by atoms with E-state index in [0.717, 1.165) is 22.7 Å². The fraction of sp³-hybridized carbons (Fsp3) is 0.409. The zero-order chi connectivity index (χ0) is 17.7. The summed E-state index contributed by atoms with van der Waals surface area (Å²) in [6.07, 6.45) is 7.31. The van der Waals surface area contributed by atoms with Gasteiger partial charge < -0.3 is 10.3 Å². The molecule has 4 rings (SSSR count). The molecule has 0 unspecified atom stereocenters. The van der Waals surface area contributed by atoms with E-state index in [9.17, 15) is 0 Å². The van der Waals surface area contributed by atoms with Gasteiger partial charge in [0, 0.05) is 5.69 Å². The number of fused-ring (bicyclic) bond motifs is 1. The van der Waals surface area contributed by atoms with E-state index in [-0.39, 0.29) is 0 Å². The minimum absolute atomic E-state index is 0.679. The minimum atomic E-state index is 0.679. The lowest BCUT2D eigenvalue weighted by Crippen LogP contribution is -2.14. The van der Waals surface area contributed by atoms with Crippen molar-refractivity contribution in [1.29, 1.82) is 0 Å². The van der Waals surface area contributed by atoms with Gasteiger partial charge in [0.15, 0.2) is 0 Å². The number of aromatic nitrogens is 2. The van der Waals surface area contributed by atoms with Gasteiger partial charge in [-0.25, -0.2) is 4.98 Å². The topological polar surface area (TPSA) is 40.7 Å². The van der Waals surface area contributed by atoms with Crippen LogP contribution in [0.1, 0.15) is 51.5 Å². The Balaban J connectivity index is 0.000000192. The lowest BCUT2D eigenvalue weighted by atomic mass is 9.78. The Morgan fingerprint density at radius 2 is 1.60 bits per heavy atom. The van der Waals surface area contributed by atoms with Gasteiger partial charge in [0.2, 0.25) is 5.95 Å². The van der Waals surface area contributed by atoms with Crippen molar-refractivity contribution >= 4 is 22.7 Å². The third-order valence-corrected chi connectivity index (χ3v) is 4.91. The molecule has 1 saturated carbocycles. The molecule has 2 N–H and O–H groups in total. The lowest BCUT2D eigenvalue weighted by molar-refractivity contribution is 0.244. The van der Waals surface area contributed by atoms with Crippen LogP contribution in [-0.4, -0.2) is 9.97 Å². The molecule has 1 aliphatic carbocycles. The standard InChI is InChI=1S/C14H13N3.C8H16/c1-10-6-8-11(9-7-10)15-14-16-12-4-2-3-5-13(12)17-14;1-8(2)6-4-3-5-7-8/h2-9H,1H3,(H2,15,16,17);3-7H2,1-2H3. The number of aromatic amines is 1. The summed E-state index contributed by atoms with van der Waals surface area (Å²) < 4.78 is 0. The number of hydrogen-bond acceptors (Lipinski definition) is 2. The molecule has 0 aliphatic heterocycles. The van der Waals surface area contributed by atoms with E-state index in [0.29, 0.717) is 5.41 Å². The molecule has 0 radical (unpaired) electrons. The van der Waals surface area contributed by atoms with Gasteiger partial charge in [-0.2, -0.15) is 0 Å². The summed E-state index contributed by atoms with van der Waals surface area (Å²) in [5.74, 6) is 0.773. The maximum atomic E-state index is 4.46. The van der Waals surface area contributed by atoms with E-state index >= 15 is 0 Å². The Morgan fingerprint density at radius 3 is 2.20 bits per heavy atom. The summed E-state index contributed by atoms with van der Waals surface area (Å²) in [4.78, 5) is 7.70. The van der Waals surface area contributed by atoms with Crippen molar-refractivity contribution in [3.8, 4) is 0 Å². The number of benzene rings is 2. The summed E-state index contributed by atoms with van der Waals surface area (Å²) in [5, 5.41) is 3.25. The van der Waals surface area contributed by atoms with Crippen LogP contribution >= 0.6 is 0 Å². The number of H-pyrrole nitrogens is 1. The van der Waals surface area contributed by atoms with Crippen molar-refractivity contribution in [2.75, 3.05) is 5.32 Å². The van der Waals surface area contributed by atoms with Crippen molar-refractivity contribution in [2.24, 2.45) is 5.41 Å². The van der Waals surface area contributed by atoms with Gasteiger partial charge in [-0.3, -0.25) is 0 Å². The molecular weight excluding hydrogens is 306 g/mol. The quantitative estimate of drug-likeness (QED) is 0.554. The van der Waals surface area contributed by atoms with Gasteiger partial charge in [0.25, 0.3) is 0 Å². The highest BCUT2D eigenvalue weighted by Crippen LogP contribution is 2.34. The predicted molar refractivity (Wildman–Crippen MR) is 107 cm³/mol. The zero-order valence-corrected chi connectivity index (χ0v) is 15.6. The lowest BCUT2D eigenvalue weighted by Gasteiger charge is -2.28. The molecule has 25 heavy (non-hydrogen) atoms. The summed E-state index contributed by atoms with van der Waals surface area (Å²) in [6, 6.07) is 16.2. The number of imidazole rings is 1. The van der Waals surface area contributed by atoms with Crippen molar-refractivity contribution in [2.45, 2.75) is 52.9 Å². The highest BCUT2D eigenvalue weighted by Gasteiger charge is 2.19. The van der Waals surface area contributed by atoms with Crippen LogP contribution in [-0.2, 0) is 0 Å². The van der Waals surface area contributed by atoms with Crippen LogP contribution in [0.5, 0.6) is 0 Å². The molecule has 0 atom stereocenters. The Labute approximate surface area is 150 Å². The van der Waals surface area contributed by atoms with Crippen LogP contribution in [0.2, 0.25) is 0 Å². The van der Waals surface area contributed by atoms with Gasteiger partial charge in [-0.05, 0) is 49.4 Å². The molecule has 0 spiro atoms. The predicted octanol–water partition coefficient (Wildman–Crippen LogP) is 6.59. The summed E-state index contributed by atoms with van der Waals surface area (Å²) >= 11 is 0. The smallest absolute Gasteiger partial charge is 0.205 e. The van der Waals surface area contributed by atoms with Crippen LogP contribution in [0, 0.1) is 12.3 Å². The fourth-order valence-corrected chi connectivity index (χ4v) is 3.29. The van der Waals surface area contributed by atoms with E-state index in [1.54, 1.807) is 0 Å². The first-order valence-electron chi connectivity index (χ1n) is 9.30. The second-order valence-corrected chi connectivity index (χ2v) is 7.82. The van der Waals surface area contributed by atoms with Gasteiger partial charge >= 0.3 is 0 Å². The molecule has 3 heteroatoms. The van der Waals surface area contributed by atoms with E-state index in [1.165, 1.54) is 37.7 Å². The average Bonchev–Trinajstić information content (AvgIpc) is 2.99. The Hall–Kier alpha value is -2.29. The number of aryl methyl sites for hydroxylation is 1. The minimum Gasteiger partial charge on any atom is -0.326 e. The third kappa shape index (κ3) is 5.09. The monoisotopic (exact) mass is 335 g/mol. The molecule has 1 aromatic heterocycles. The Morgan fingerprint density at radius 1 is 0.920 bits per heavy atom. The van der Waals surface area contributed by atoms with E-state index in [4.69, 9.17) is 0 Å². The van der Waals surface area contributed by atoms with Crippen LogP contribution in [0.25, 0.3) is 11.0 Å². The van der Waals surface area contributed by atoms with Crippen LogP contribution in [0.4, 0.5) is 11.6 Å². The van der Waals surface area contributed by atoms with Crippen LogP contribution in [0.15, 0.2) is 48.5 Å². The molecule has 132 valence electrons. The normalized spacial score (nSPS) is 16.1. The number of para-hydroxylation sites is 2. The maximum Gasteiger partial charge on any atom is 0.205 e. The Bertz CT molecular complexity index is 759. The van der Waals surface area contributed by atoms with Crippen molar-refractivity contribution in [3.05, 3.63) is 54.1 Å². The van der Waals surface area contributed by atoms with Crippen LogP contribution in [0.3, 0.4) is 0 Å². The summed E-state index contributed by atoms with van der Waals surface area (Å²) in [7, 11) is 0. The van der Waals surface area contributed by atoms with Gasteiger partial charge in [-0.15, -0.1) is 0 Å². The highest BCUT2D eigenvalue weighted by atomic mass is 15.1. The number of nitrogens with one attached hydrogen (secondary N) is 2. The number of nitrogens with zero attached hydrogens (tertiary/aromatic N) is 1. The van der Waals surface area contributed by atoms with Crippen molar-refractivity contribution in [3.63, 3.8) is 0 Å². The second kappa shape index (κ2) is 7.73. The SMILES string of the molecule is CC1(C)CCCCC1.Cc1ccc(Nc2nc3ccccc3[nH]2)cc1. The van der Waals surface area contributed by atoms with Crippen LogP contribution < -0.4 is 5.32 Å². The van der Waals surface area contributed by atoms with E-state index in [2.05, 4.69) is 48.2 Å². The first-order chi connectivity index (χ1) is 12.0. The van der Waals surface area contributed by atoms with Gasteiger partial charge in [0.1, 0.15) is 0 Å². The second-order valence-electron chi connectivity index (χ2n) is 7.82. The summed E-state index contributed by atoms with van der Waals surface area (Å²) in [6.45, 7) is 6.84. The largest absolute Gasteiger partial charge is 0.326 e. The summed E-state index contributed by atoms with van der Waals surface area (Å²) in [5.41, 5.74) is 4.98. The van der Waals surface area contributed by atoms with E-state index < -0.39 is 0 Å². The third-order valence-electron chi connectivity index (χ3n) is 4.91. The molecule has 1 heterocycles. The van der Waals surface area contributed by atoms with Gasteiger partial charge in [0.05, 0.1) is 11.0 Å². The Kier molecular flexibility index (Phi) is 5.42. The first kappa shape index (κ1) is 17.5. The highest BCUT2D eigenvalue weighted by molar-refractivity contribution is 5.78. The number of rotatable bonds is 2. The fourth-order valence-electron chi connectivity index (χ4n) is 3.29. The molecule has 3 aromatic rings. The molecule has 0 saturated heterocycles. The molecule has 3 nitrogen and oxygen atoms in total. The number of anilines is 2. The first-order valence-corrected chi connectivity index (χ1v) is 9.30. The molecule has 0 amide bonds. The average molecular weight is 335 g/mol. The maximum absolute atomic E-state index is 4.46. The van der Waals surface area contributed by atoms with Crippen molar-refractivity contribution in [1.82, 2.24) is 9.97 Å². The van der Waals surface area contributed by atoms with Crippen molar-refractivity contribution < 1.29 is 0 Å². The molecule has 1 aliphatic rings. The zero-order valence-electron chi connectivity index (χ0n) is 15.6.